The van der Waals surface area contributed by atoms with E-state index in [2.05, 4.69) is 6.92 Å². The van der Waals surface area contributed by atoms with Crippen LogP contribution in [0.3, 0.4) is 0 Å². The van der Waals surface area contributed by atoms with Crippen molar-refractivity contribution in [2.75, 3.05) is 13.7 Å². The van der Waals surface area contributed by atoms with E-state index in [1.54, 1.807) is 12.7 Å². The number of methoxy groups -OCH3 is 1. The van der Waals surface area contributed by atoms with Crippen LogP contribution in [0.15, 0.2) is 22.8 Å². The molecule has 1 N–H and O–H groups in total. The minimum absolute atomic E-state index is 0.0128. The molecule has 5 aliphatic rings. The van der Waals surface area contributed by atoms with E-state index in [0.717, 1.165) is 32.1 Å². The van der Waals surface area contributed by atoms with Crippen molar-refractivity contribution >= 4 is 5.78 Å². The Labute approximate surface area is 144 Å². The predicted molar refractivity (Wildman–Crippen MR) is 91.4 cm³/mol. The lowest BCUT2D eigenvalue weighted by Gasteiger charge is -2.54. The van der Waals surface area contributed by atoms with Crippen LogP contribution >= 0.6 is 0 Å². The van der Waals surface area contributed by atoms with Crippen LogP contribution in [0.4, 0.5) is 0 Å². The molecule has 24 heavy (non-hydrogen) atoms. The highest BCUT2D eigenvalue weighted by Gasteiger charge is 2.80. The molecule has 0 unspecified atom stereocenters. The van der Waals surface area contributed by atoms with Crippen molar-refractivity contribution in [1.82, 2.24) is 0 Å². The van der Waals surface area contributed by atoms with Crippen LogP contribution in [0.2, 0.25) is 0 Å². The lowest BCUT2D eigenvalue weighted by molar-refractivity contribution is -0.145. The second-order valence-corrected chi connectivity index (χ2v) is 9.17. The van der Waals surface area contributed by atoms with Crippen LogP contribution in [0.5, 0.6) is 0 Å². The molecule has 0 heterocycles. The van der Waals surface area contributed by atoms with Crippen molar-refractivity contribution in [2.45, 2.75) is 63.9 Å². The second kappa shape index (κ2) is 4.62. The van der Waals surface area contributed by atoms with E-state index in [1.807, 2.05) is 6.08 Å². The monoisotopic (exact) mass is 328 g/mol. The molecule has 0 aromatic rings. The zero-order chi connectivity index (χ0) is 16.7. The average Bonchev–Trinajstić information content (AvgIpc) is 3.20. The van der Waals surface area contributed by atoms with E-state index < -0.39 is 5.60 Å². The van der Waals surface area contributed by atoms with E-state index in [4.69, 9.17) is 4.74 Å². The number of hydrogen-bond acceptors (Lipinski definition) is 3. The van der Waals surface area contributed by atoms with Crippen LogP contribution in [-0.4, -0.2) is 30.2 Å². The molecule has 0 aromatic heterocycles. The molecule has 3 nitrogen and oxygen atoms in total. The number of aliphatic hydroxyl groups is 1. The van der Waals surface area contributed by atoms with Gasteiger partial charge in [-0.1, -0.05) is 12.5 Å². The summed E-state index contributed by atoms with van der Waals surface area (Å²) < 4.78 is 5.43. The Kier molecular flexibility index (Phi) is 2.95. The van der Waals surface area contributed by atoms with Gasteiger partial charge in [0.25, 0.3) is 0 Å². The van der Waals surface area contributed by atoms with Crippen LogP contribution < -0.4 is 0 Å². The highest BCUT2D eigenvalue weighted by atomic mass is 16.5. The zero-order valence-corrected chi connectivity index (χ0v) is 14.9. The Balaban J connectivity index is 1.59. The van der Waals surface area contributed by atoms with Crippen molar-refractivity contribution in [2.24, 2.45) is 22.7 Å². The average molecular weight is 328 g/mol. The first-order valence-electron chi connectivity index (χ1n) is 9.62. The minimum Gasteiger partial charge on any atom is -0.387 e. The molecule has 0 aromatic carbocycles. The van der Waals surface area contributed by atoms with Crippen LogP contribution in [0.1, 0.15) is 58.3 Å². The van der Waals surface area contributed by atoms with Gasteiger partial charge >= 0.3 is 0 Å². The topological polar surface area (TPSA) is 46.5 Å². The van der Waals surface area contributed by atoms with E-state index in [9.17, 15) is 9.90 Å². The molecule has 5 atom stereocenters. The van der Waals surface area contributed by atoms with Gasteiger partial charge in [0.2, 0.25) is 0 Å². The first-order chi connectivity index (χ1) is 11.5. The molecule has 3 heteroatoms. The first kappa shape index (κ1) is 15.3. The largest absolute Gasteiger partial charge is 0.387 e. The third-order valence-electron chi connectivity index (χ3n) is 8.55. The lowest BCUT2D eigenvalue weighted by Crippen LogP contribution is -2.55. The SMILES string of the molecule is COC[C@]1(O)C[C@@H]2C[C@@]23[C@@H]2CCC4=CC(=O)CCC4=C2CC[C@]13C. The Hall–Kier alpha value is -0.930. The fourth-order valence-corrected chi connectivity index (χ4v) is 7.39. The minimum atomic E-state index is -0.653. The van der Waals surface area contributed by atoms with Gasteiger partial charge in [-0.15, -0.1) is 0 Å². The second-order valence-electron chi connectivity index (χ2n) is 9.17. The van der Waals surface area contributed by atoms with Crippen LogP contribution in [0, 0.1) is 22.7 Å². The van der Waals surface area contributed by atoms with E-state index in [0.29, 0.717) is 36.1 Å². The van der Waals surface area contributed by atoms with Gasteiger partial charge in [0.1, 0.15) is 0 Å². The fourth-order valence-electron chi connectivity index (χ4n) is 7.39. The molecule has 130 valence electrons. The molecule has 0 radical (unpaired) electrons. The molecule has 0 bridgehead atoms. The molecule has 5 aliphatic carbocycles. The Morgan fingerprint density at radius 3 is 2.88 bits per heavy atom. The number of allylic oxidation sites excluding steroid dienone is 4. The number of ether oxygens (including phenoxy) is 1. The van der Waals surface area contributed by atoms with Gasteiger partial charge in [-0.05, 0) is 79.4 Å². The number of hydrogen-bond donors (Lipinski definition) is 1. The summed E-state index contributed by atoms with van der Waals surface area (Å²) in [6.45, 7) is 2.82. The maximum atomic E-state index is 11.8. The van der Waals surface area contributed by atoms with E-state index >= 15 is 0 Å². The molecular formula is C21H28O3. The van der Waals surface area contributed by atoms with Gasteiger partial charge in [0, 0.05) is 18.9 Å². The summed E-state index contributed by atoms with van der Waals surface area (Å²) in [5.74, 6) is 1.61. The van der Waals surface area contributed by atoms with Crippen molar-refractivity contribution in [3.05, 3.63) is 22.8 Å². The molecule has 0 saturated heterocycles. The quantitative estimate of drug-likeness (QED) is 0.843. The third-order valence-corrected chi connectivity index (χ3v) is 8.55. The van der Waals surface area contributed by atoms with Crippen LogP contribution in [-0.2, 0) is 9.53 Å². The number of rotatable bonds is 2. The fraction of sp³-hybridized carbons (Fsp3) is 0.762. The van der Waals surface area contributed by atoms with Crippen molar-refractivity contribution in [3.8, 4) is 0 Å². The molecule has 0 aliphatic heterocycles. The molecule has 3 fully saturated rings. The van der Waals surface area contributed by atoms with E-state index in [1.165, 1.54) is 24.0 Å². The molecule has 0 amide bonds. The first-order valence-corrected chi connectivity index (χ1v) is 9.62. The number of carbonyl (C=O) groups excluding carboxylic acids is 1. The molecular weight excluding hydrogens is 300 g/mol. The summed E-state index contributed by atoms with van der Waals surface area (Å²) >= 11 is 0. The summed E-state index contributed by atoms with van der Waals surface area (Å²) in [6, 6.07) is 0. The predicted octanol–water partition coefficient (Wildman–Crippen LogP) is 3.57. The van der Waals surface area contributed by atoms with Crippen LogP contribution in [0.25, 0.3) is 0 Å². The third kappa shape index (κ3) is 1.59. The molecule has 5 rings (SSSR count). The van der Waals surface area contributed by atoms with Crippen molar-refractivity contribution in [1.29, 1.82) is 0 Å². The number of fused-ring (bicyclic) bond motifs is 2. The zero-order valence-electron chi connectivity index (χ0n) is 14.9. The number of ketones is 1. The standard InChI is InChI=1S/C21H28O3/c1-19-8-7-17-16-5-4-15(22)9-13(16)3-6-18(17)21(19)11-14(21)10-20(19,23)12-24-2/h9,14,18,23H,3-8,10-12H2,1-2H3/t14-,18-,19-,20-,21+/m1/s1. The Bertz CT molecular complexity index is 689. The van der Waals surface area contributed by atoms with E-state index in [-0.39, 0.29) is 5.41 Å². The van der Waals surface area contributed by atoms with Gasteiger partial charge in [-0.3, -0.25) is 4.79 Å². The highest BCUT2D eigenvalue weighted by Crippen LogP contribution is 2.83. The normalized spacial score (nSPS) is 49.1. The Morgan fingerprint density at radius 2 is 2.08 bits per heavy atom. The van der Waals surface area contributed by atoms with Gasteiger partial charge in [0.15, 0.2) is 5.78 Å². The molecule has 1 spiro atoms. The maximum absolute atomic E-state index is 11.8. The maximum Gasteiger partial charge on any atom is 0.156 e. The smallest absolute Gasteiger partial charge is 0.156 e. The summed E-state index contributed by atoms with van der Waals surface area (Å²) in [7, 11) is 1.71. The summed E-state index contributed by atoms with van der Waals surface area (Å²) in [5.41, 5.74) is 4.14. The highest BCUT2D eigenvalue weighted by molar-refractivity contribution is 5.93. The molecule has 3 saturated carbocycles. The summed E-state index contributed by atoms with van der Waals surface area (Å²) in [5, 5.41) is 11.4. The summed E-state index contributed by atoms with van der Waals surface area (Å²) in [6.07, 6.45) is 10.2. The van der Waals surface area contributed by atoms with Gasteiger partial charge in [-0.25, -0.2) is 0 Å². The van der Waals surface area contributed by atoms with Crippen molar-refractivity contribution < 1.29 is 14.6 Å². The summed E-state index contributed by atoms with van der Waals surface area (Å²) in [4.78, 5) is 11.8. The lowest BCUT2D eigenvalue weighted by atomic mass is 9.51. The Morgan fingerprint density at radius 1 is 1.25 bits per heavy atom. The van der Waals surface area contributed by atoms with Crippen molar-refractivity contribution in [3.63, 3.8) is 0 Å². The van der Waals surface area contributed by atoms with Gasteiger partial charge in [-0.2, -0.15) is 0 Å². The van der Waals surface area contributed by atoms with Gasteiger partial charge < -0.3 is 9.84 Å². The number of carbonyl (C=O) groups is 1. The van der Waals surface area contributed by atoms with Gasteiger partial charge in [0.05, 0.1) is 12.2 Å².